The zero-order valence-corrected chi connectivity index (χ0v) is 12.8. The Kier molecular flexibility index (Phi) is 4.61. The number of para-hydroxylation sites is 1. The van der Waals surface area contributed by atoms with Crippen molar-refractivity contribution >= 4 is 15.9 Å². The highest BCUT2D eigenvalue weighted by molar-refractivity contribution is 9.10. The van der Waals surface area contributed by atoms with E-state index in [0.717, 1.165) is 21.5 Å². The third-order valence-corrected chi connectivity index (χ3v) is 3.61. The average molecular weight is 320 g/mol. The summed E-state index contributed by atoms with van der Waals surface area (Å²) in [5, 5.41) is 0. The summed E-state index contributed by atoms with van der Waals surface area (Å²) in [6, 6.07) is 14.0. The van der Waals surface area contributed by atoms with Crippen molar-refractivity contribution in [1.82, 2.24) is 0 Å². The molecule has 0 aromatic heterocycles. The highest BCUT2D eigenvalue weighted by Gasteiger charge is 2.09. The monoisotopic (exact) mass is 319 g/mol. The van der Waals surface area contributed by atoms with E-state index in [1.165, 1.54) is 5.56 Å². The maximum atomic E-state index is 6.01. The van der Waals surface area contributed by atoms with Gasteiger partial charge in [-0.05, 0) is 51.2 Å². The summed E-state index contributed by atoms with van der Waals surface area (Å²) in [5.74, 6) is 2.14. The van der Waals surface area contributed by atoms with Crippen molar-refractivity contribution in [1.29, 1.82) is 0 Å². The minimum absolute atomic E-state index is 0.429. The van der Waals surface area contributed by atoms with Crippen molar-refractivity contribution in [3.05, 3.63) is 58.1 Å². The quantitative estimate of drug-likeness (QED) is 0.876. The Bertz CT molecular complexity index is 566. The fourth-order valence-electron chi connectivity index (χ4n) is 1.92. The number of halogens is 1. The number of nitrogens with two attached hydrogens (primary N) is 1. The van der Waals surface area contributed by atoms with Crippen LogP contribution in [0.5, 0.6) is 11.5 Å². The first-order valence-electron chi connectivity index (χ1n) is 6.37. The number of hydrogen-bond donors (Lipinski definition) is 1. The molecule has 2 rings (SSSR count). The van der Waals surface area contributed by atoms with Crippen LogP contribution in [0, 0.1) is 0 Å². The second-order valence-corrected chi connectivity index (χ2v) is 5.62. The van der Waals surface area contributed by atoms with E-state index in [1.807, 2.05) is 36.4 Å². The van der Waals surface area contributed by atoms with Crippen LogP contribution in [-0.2, 0) is 6.54 Å². The molecule has 3 heteroatoms. The summed E-state index contributed by atoms with van der Waals surface area (Å²) >= 11 is 3.53. The van der Waals surface area contributed by atoms with Crippen molar-refractivity contribution < 1.29 is 4.74 Å². The second-order valence-electron chi connectivity index (χ2n) is 4.76. The summed E-state index contributed by atoms with van der Waals surface area (Å²) in [7, 11) is 0. The van der Waals surface area contributed by atoms with Gasteiger partial charge in [-0.2, -0.15) is 0 Å². The van der Waals surface area contributed by atoms with Crippen LogP contribution in [0.1, 0.15) is 30.9 Å². The van der Waals surface area contributed by atoms with Crippen molar-refractivity contribution in [3.8, 4) is 11.5 Å². The predicted octanol–water partition coefficient (Wildman–Crippen LogP) is 4.82. The predicted molar refractivity (Wildman–Crippen MR) is 82.6 cm³/mol. The molecule has 0 unspecified atom stereocenters. The Balaban J connectivity index is 2.31. The molecule has 0 amide bonds. The molecule has 0 heterocycles. The zero-order chi connectivity index (χ0) is 13.8. The van der Waals surface area contributed by atoms with Gasteiger partial charge in [0.2, 0.25) is 0 Å². The fourth-order valence-corrected chi connectivity index (χ4v) is 2.43. The summed E-state index contributed by atoms with van der Waals surface area (Å²) < 4.78 is 6.94. The third-order valence-electron chi connectivity index (χ3n) is 2.99. The van der Waals surface area contributed by atoms with Crippen LogP contribution in [0.3, 0.4) is 0 Å². The molecular weight excluding hydrogens is 302 g/mol. The van der Waals surface area contributed by atoms with E-state index in [9.17, 15) is 0 Å². The van der Waals surface area contributed by atoms with E-state index in [-0.39, 0.29) is 0 Å². The summed E-state index contributed by atoms with van der Waals surface area (Å²) in [6.07, 6.45) is 0. The number of ether oxygens (including phenoxy) is 1. The lowest BCUT2D eigenvalue weighted by atomic mass is 10.0. The molecule has 19 heavy (non-hydrogen) atoms. The molecular formula is C16H18BrNO. The fraction of sp³-hybridized carbons (Fsp3) is 0.250. The van der Waals surface area contributed by atoms with Crippen LogP contribution in [0.25, 0.3) is 0 Å². The third kappa shape index (κ3) is 3.37. The average Bonchev–Trinajstić information content (AvgIpc) is 2.41. The van der Waals surface area contributed by atoms with E-state index in [4.69, 9.17) is 10.5 Å². The van der Waals surface area contributed by atoms with Gasteiger partial charge in [-0.15, -0.1) is 0 Å². The molecule has 0 saturated heterocycles. The molecule has 2 N–H and O–H groups in total. The normalized spacial score (nSPS) is 10.8. The van der Waals surface area contributed by atoms with Crippen molar-refractivity contribution in [2.24, 2.45) is 5.73 Å². The summed E-state index contributed by atoms with van der Waals surface area (Å²) in [5.41, 5.74) is 7.91. The molecule has 100 valence electrons. The Morgan fingerprint density at radius 3 is 2.47 bits per heavy atom. The maximum absolute atomic E-state index is 6.01. The largest absolute Gasteiger partial charge is 0.456 e. The van der Waals surface area contributed by atoms with Gasteiger partial charge in [-0.25, -0.2) is 0 Å². The molecule has 0 radical (unpaired) electrons. The van der Waals surface area contributed by atoms with E-state index in [1.54, 1.807) is 0 Å². The lowest BCUT2D eigenvalue weighted by molar-refractivity contribution is 0.470. The molecule has 2 nitrogen and oxygen atoms in total. The van der Waals surface area contributed by atoms with Crippen molar-refractivity contribution in [3.63, 3.8) is 0 Å². The van der Waals surface area contributed by atoms with Gasteiger partial charge in [-0.1, -0.05) is 38.1 Å². The first kappa shape index (κ1) is 14.1. The van der Waals surface area contributed by atoms with Gasteiger partial charge in [0, 0.05) is 6.54 Å². The van der Waals surface area contributed by atoms with E-state index >= 15 is 0 Å². The number of hydrogen-bond acceptors (Lipinski definition) is 2. The smallest absolute Gasteiger partial charge is 0.141 e. The van der Waals surface area contributed by atoms with Crippen LogP contribution >= 0.6 is 15.9 Å². The number of rotatable bonds is 4. The molecule has 0 bridgehead atoms. The minimum Gasteiger partial charge on any atom is -0.456 e. The molecule has 0 saturated carbocycles. The summed E-state index contributed by atoms with van der Waals surface area (Å²) in [6.45, 7) is 4.85. The number of benzene rings is 2. The Labute approximate surface area is 122 Å². The van der Waals surface area contributed by atoms with Crippen LogP contribution in [-0.4, -0.2) is 0 Å². The minimum atomic E-state index is 0.429. The maximum Gasteiger partial charge on any atom is 0.141 e. The van der Waals surface area contributed by atoms with Gasteiger partial charge in [0.25, 0.3) is 0 Å². The highest BCUT2D eigenvalue weighted by Crippen LogP contribution is 2.34. The van der Waals surface area contributed by atoms with Crippen LogP contribution in [0.2, 0.25) is 0 Å². The van der Waals surface area contributed by atoms with E-state index < -0.39 is 0 Å². The standard InChI is InChI=1S/C16H18BrNO/c1-11(2)13-5-3-4-6-15(13)19-16-8-7-12(10-18)9-14(16)17/h3-9,11H,10,18H2,1-2H3. The molecule has 2 aromatic carbocycles. The Hall–Kier alpha value is -1.32. The van der Waals surface area contributed by atoms with Crippen molar-refractivity contribution in [2.75, 3.05) is 0 Å². The summed E-state index contributed by atoms with van der Waals surface area (Å²) in [4.78, 5) is 0. The second kappa shape index (κ2) is 6.22. The topological polar surface area (TPSA) is 35.2 Å². The Morgan fingerprint density at radius 2 is 1.84 bits per heavy atom. The van der Waals surface area contributed by atoms with Gasteiger partial charge in [0.05, 0.1) is 4.47 Å². The molecule has 0 aliphatic rings. The van der Waals surface area contributed by atoms with Gasteiger partial charge in [0.1, 0.15) is 11.5 Å². The Morgan fingerprint density at radius 1 is 1.11 bits per heavy atom. The van der Waals surface area contributed by atoms with Crippen molar-refractivity contribution in [2.45, 2.75) is 26.3 Å². The molecule has 0 fully saturated rings. The first-order valence-corrected chi connectivity index (χ1v) is 7.16. The van der Waals surface area contributed by atoms with Crippen LogP contribution < -0.4 is 10.5 Å². The van der Waals surface area contributed by atoms with Crippen LogP contribution in [0.15, 0.2) is 46.9 Å². The SMILES string of the molecule is CC(C)c1ccccc1Oc1ccc(CN)cc1Br. The van der Waals surface area contributed by atoms with Gasteiger partial charge < -0.3 is 10.5 Å². The molecule has 0 spiro atoms. The van der Waals surface area contributed by atoms with Gasteiger partial charge >= 0.3 is 0 Å². The zero-order valence-electron chi connectivity index (χ0n) is 11.2. The van der Waals surface area contributed by atoms with Gasteiger partial charge in [0.15, 0.2) is 0 Å². The molecule has 2 aromatic rings. The molecule has 0 atom stereocenters. The highest BCUT2D eigenvalue weighted by atomic mass is 79.9. The lowest BCUT2D eigenvalue weighted by Gasteiger charge is -2.14. The van der Waals surface area contributed by atoms with E-state index in [2.05, 4.69) is 35.8 Å². The first-order chi connectivity index (χ1) is 9.11. The van der Waals surface area contributed by atoms with Crippen LogP contribution in [0.4, 0.5) is 0 Å². The lowest BCUT2D eigenvalue weighted by Crippen LogP contribution is -1.97. The van der Waals surface area contributed by atoms with E-state index in [0.29, 0.717) is 12.5 Å². The molecule has 0 aliphatic heterocycles. The van der Waals surface area contributed by atoms with Gasteiger partial charge in [-0.3, -0.25) is 0 Å². The molecule has 0 aliphatic carbocycles.